The molecule has 4 aliphatic rings. The third kappa shape index (κ3) is 3.28. The summed E-state index contributed by atoms with van der Waals surface area (Å²) in [6.45, 7) is 0.315. The van der Waals surface area contributed by atoms with Crippen molar-refractivity contribution in [1.29, 1.82) is 0 Å². The summed E-state index contributed by atoms with van der Waals surface area (Å²) >= 11 is 0. The maximum absolute atomic E-state index is 12.4. The molecule has 140 valence electrons. The molecule has 0 saturated heterocycles. The third-order valence-electron chi connectivity index (χ3n) is 6.48. The molecule has 0 aromatic heterocycles. The van der Waals surface area contributed by atoms with Crippen LogP contribution in [0.4, 0.5) is 11.4 Å². The fourth-order valence-electron chi connectivity index (χ4n) is 5.83. The summed E-state index contributed by atoms with van der Waals surface area (Å²) in [5.41, 5.74) is 0.296. The highest BCUT2D eigenvalue weighted by atomic mass is 16.6. The third-order valence-corrected chi connectivity index (χ3v) is 6.48. The van der Waals surface area contributed by atoms with E-state index in [0.717, 1.165) is 17.8 Å². The molecule has 1 aromatic rings. The molecule has 1 amide bonds. The number of hydrogen-bond acceptors (Lipinski definition) is 4. The SMILES string of the molecule is COc1ccc(NC(=O)C[NH2+]C23CC4CC(CC(C4)C2)C3)c([N+](=O)[O-])c1. The van der Waals surface area contributed by atoms with Crippen LogP contribution >= 0.6 is 0 Å². The van der Waals surface area contributed by atoms with Crippen LogP contribution in [0.1, 0.15) is 38.5 Å². The molecule has 0 heterocycles. The van der Waals surface area contributed by atoms with Gasteiger partial charge in [-0.15, -0.1) is 0 Å². The van der Waals surface area contributed by atoms with Crippen LogP contribution in [0.3, 0.4) is 0 Å². The van der Waals surface area contributed by atoms with E-state index in [1.807, 2.05) is 0 Å². The summed E-state index contributed by atoms with van der Waals surface area (Å²) in [6.07, 6.45) is 7.77. The predicted molar refractivity (Wildman–Crippen MR) is 96.0 cm³/mol. The number of ether oxygens (including phenoxy) is 1. The monoisotopic (exact) mass is 360 g/mol. The van der Waals surface area contributed by atoms with Gasteiger partial charge < -0.3 is 15.4 Å². The van der Waals surface area contributed by atoms with Crippen LogP contribution in [-0.4, -0.2) is 30.0 Å². The number of nitrogens with zero attached hydrogens (tertiary/aromatic N) is 1. The van der Waals surface area contributed by atoms with E-state index in [4.69, 9.17) is 4.74 Å². The summed E-state index contributed by atoms with van der Waals surface area (Å²) in [6, 6.07) is 4.48. The van der Waals surface area contributed by atoms with Crippen molar-refractivity contribution in [3.05, 3.63) is 28.3 Å². The molecular formula is C19H26N3O4+. The summed E-state index contributed by atoms with van der Waals surface area (Å²) in [5, 5.41) is 16.2. The molecule has 26 heavy (non-hydrogen) atoms. The zero-order chi connectivity index (χ0) is 18.3. The fourth-order valence-corrected chi connectivity index (χ4v) is 5.83. The van der Waals surface area contributed by atoms with E-state index in [1.165, 1.54) is 57.8 Å². The highest BCUT2D eigenvalue weighted by Gasteiger charge is 2.53. The lowest BCUT2D eigenvalue weighted by atomic mass is 9.53. The van der Waals surface area contributed by atoms with Gasteiger partial charge in [-0.1, -0.05) is 0 Å². The average Bonchev–Trinajstić information content (AvgIpc) is 2.59. The van der Waals surface area contributed by atoms with Gasteiger partial charge >= 0.3 is 0 Å². The molecule has 0 aliphatic heterocycles. The van der Waals surface area contributed by atoms with Crippen molar-refractivity contribution < 1.29 is 19.8 Å². The number of carbonyl (C=O) groups is 1. The summed E-state index contributed by atoms with van der Waals surface area (Å²) < 4.78 is 5.03. The van der Waals surface area contributed by atoms with Crippen LogP contribution in [0.25, 0.3) is 0 Å². The highest BCUT2D eigenvalue weighted by molar-refractivity contribution is 5.93. The van der Waals surface area contributed by atoms with Gasteiger partial charge in [-0.3, -0.25) is 14.9 Å². The minimum Gasteiger partial charge on any atom is -0.496 e. The zero-order valence-corrected chi connectivity index (χ0v) is 15.1. The number of rotatable bonds is 6. The van der Waals surface area contributed by atoms with Gasteiger partial charge in [-0.25, -0.2) is 0 Å². The Hall–Kier alpha value is -2.15. The lowest BCUT2D eigenvalue weighted by molar-refractivity contribution is -0.729. The van der Waals surface area contributed by atoms with Crippen molar-refractivity contribution in [1.82, 2.24) is 0 Å². The first-order valence-electron chi connectivity index (χ1n) is 9.43. The molecule has 4 saturated carbocycles. The first-order valence-corrected chi connectivity index (χ1v) is 9.43. The van der Waals surface area contributed by atoms with Crippen molar-refractivity contribution in [3.8, 4) is 5.75 Å². The normalized spacial score (nSPS) is 31.7. The van der Waals surface area contributed by atoms with E-state index in [1.54, 1.807) is 6.07 Å². The maximum atomic E-state index is 12.4. The molecule has 4 fully saturated rings. The Labute approximate surface area is 152 Å². The Morgan fingerprint density at radius 2 is 1.88 bits per heavy atom. The standard InChI is InChI=1S/C19H25N3O4/c1-26-15-2-3-16(17(7-15)22(24)25)21-18(23)11-20-19-8-12-4-13(9-19)6-14(5-12)10-19/h2-3,7,12-14,20H,4-6,8-11H2,1H3,(H,21,23)/p+1. The van der Waals surface area contributed by atoms with Gasteiger partial charge in [0.1, 0.15) is 11.4 Å². The van der Waals surface area contributed by atoms with Crippen LogP contribution in [-0.2, 0) is 4.79 Å². The second-order valence-corrected chi connectivity index (χ2v) is 8.38. The molecule has 4 aliphatic carbocycles. The molecular weight excluding hydrogens is 334 g/mol. The van der Waals surface area contributed by atoms with E-state index >= 15 is 0 Å². The van der Waals surface area contributed by atoms with Crippen LogP contribution in [0.15, 0.2) is 18.2 Å². The average molecular weight is 360 g/mol. The Morgan fingerprint density at radius 1 is 1.27 bits per heavy atom. The number of benzene rings is 1. The largest absolute Gasteiger partial charge is 0.496 e. The number of nitro benzene ring substituents is 1. The number of nitrogens with one attached hydrogen (secondary N) is 1. The topological polar surface area (TPSA) is 98.1 Å². The minimum absolute atomic E-state index is 0.146. The van der Waals surface area contributed by atoms with Crippen LogP contribution < -0.4 is 15.4 Å². The smallest absolute Gasteiger partial charge is 0.296 e. The minimum atomic E-state index is -0.499. The molecule has 1 aromatic carbocycles. The van der Waals surface area contributed by atoms with Crippen LogP contribution in [0, 0.1) is 27.9 Å². The lowest BCUT2D eigenvalue weighted by Gasteiger charge is -2.54. The number of quaternary nitrogens is 1. The number of anilines is 1. The zero-order valence-electron chi connectivity index (χ0n) is 15.1. The molecule has 3 N–H and O–H groups in total. The Bertz CT molecular complexity index is 698. The Morgan fingerprint density at radius 3 is 2.42 bits per heavy atom. The number of nitrogens with two attached hydrogens (primary N) is 1. The van der Waals surface area contributed by atoms with E-state index in [0.29, 0.717) is 12.3 Å². The van der Waals surface area contributed by atoms with Gasteiger partial charge in [0.2, 0.25) is 0 Å². The van der Waals surface area contributed by atoms with Crippen molar-refractivity contribution in [2.75, 3.05) is 19.0 Å². The van der Waals surface area contributed by atoms with Gasteiger partial charge in [0.05, 0.1) is 23.6 Å². The molecule has 0 spiro atoms. The summed E-state index contributed by atoms with van der Waals surface area (Å²) in [4.78, 5) is 23.2. The Balaban J connectivity index is 1.40. The van der Waals surface area contributed by atoms with E-state index < -0.39 is 4.92 Å². The Kier molecular flexibility index (Phi) is 4.34. The highest BCUT2D eigenvalue weighted by Crippen LogP contribution is 2.54. The second kappa shape index (κ2) is 6.54. The van der Waals surface area contributed by atoms with E-state index in [-0.39, 0.29) is 22.8 Å². The fraction of sp³-hybridized carbons (Fsp3) is 0.632. The predicted octanol–water partition coefficient (Wildman–Crippen LogP) is 2.07. The van der Waals surface area contributed by atoms with Crippen molar-refractivity contribution in [3.63, 3.8) is 0 Å². The molecule has 4 bridgehead atoms. The van der Waals surface area contributed by atoms with Gasteiger partial charge in [0, 0.05) is 19.3 Å². The van der Waals surface area contributed by atoms with Crippen LogP contribution in [0.2, 0.25) is 0 Å². The van der Waals surface area contributed by atoms with Crippen LogP contribution in [0.5, 0.6) is 5.75 Å². The van der Waals surface area contributed by atoms with Crippen molar-refractivity contribution in [2.45, 2.75) is 44.1 Å². The number of amides is 1. The molecule has 0 radical (unpaired) electrons. The molecule has 0 unspecified atom stereocenters. The maximum Gasteiger partial charge on any atom is 0.296 e. The number of nitro groups is 1. The van der Waals surface area contributed by atoms with Gasteiger partial charge in [-0.2, -0.15) is 0 Å². The lowest BCUT2D eigenvalue weighted by Crippen LogP contribution is -3.00. The molecule has 7 heteroatoms. The summed E-state index contributed by atoms with van der Waals surface area (Å²) in [7, 11) is 1.46. The first kappa shape index (κ1) is 17.3. The van der Waals surface area contributed by atoms with Gasteiger partial charge in [-0.05, 0) is 49.1 Å². The molecule has 7 nitrogen and oxygen atoms in total. The quantitative estimate of drug-likeness (QED) is 0.599. The first-order chi connectivity index (χ1) is 12.5. The number of hydrogen-bond donors (Lipinski definition) is 2. The number of carbonyl (C=O) groups excluding carboxylic acids is 1. The number of methoxy groups -OCH3 is 1. The molecule has 5 rings (SSSR count). The van der Waals surface area contributed by atoms with Crippen molar-refractivity contribution >= 4 is 17.3 Å². The van der Waals surface area contributed by atoms with Gasteiger partial charge in [0.25, 0.3) is 11.6 Å². The van der Waals surface area contributed by atoms with Gasteiger partial charge in [0.15, 0.2) is 6.54 Å². The van der Waals surface area contributed by atoms with E-state index in [9.17, 15) is 14.9 Å². The van der Waals surface area contributed by atoms with Crippen molar-refractivity contribution in [2.24, 2.45) is 17.8 Å². The summed E-state index contributed by atoms with van der Waals surface area (Å²) in [5.74, 6) is 2.72. The molecule has 0 atom stereocenters. The second-order valence-electron chi connectivity index (χ2n) is 8.38. The van der Waals surface area contributed by atoms with E-state index in [2.05, 4.69) is 10.6 Å².